The van der Waals surface area contributed by atoms with Crippen molar-refractivity contribution >= 4 is 5.82 Å². The second kappa shape index (κ2) is 5.55. The second-order valence-corrected chi connectivity index (χ2v) is 4.20. The molecule has 0 radical (unpaired) electrons. The molecule has 0 aliphatic carbocycles. The minimum Gasteiger partial charge on any atom is -0.353 e. The summed E-state index contributed by atoms with van der Waals surface area (Å²) in [6.45, 7) is 3.11. The van der Waals surface area contributed by atoms with Gasteiger partial charge in [-0.1, -0.05) is 6.07 Å². The van der Waals surface area contributed by atoms with Crippen LogP contribution in [0.5, 0.6) is 0 Å². The van der Waals surface area contributed by atoms with E-state index in [0.717, 1.165) is 22.9 Å². The van der Waals surface area contributed by atoms with Crippen molar-refractivity contribution in [3.8, 4) is 0 Å². The van der Waals surface area contributed by atoms with Gasteiger partial charge in [-0.05, 0) is 19.1 Å². The van der Waals surface area contributed by atoms with Gasteiger partial charge in [0.05, 0.1) is 30.3 Å². The standard InChI is InChI=1S/C13H17N5/c1-10-4-3-5-11(17-10)9-18(2)13-8-15-12(6-14)7-16-13/h3-5,7-8H,6,9,14H2,1-2H3. The van der Waals surface area contributed by atoms with E-state index in [0.29, 0.717) is 13.1 Å². The molecular formula is C13H17N5. The number of nitrogens with zero attached hydrogens (tertiary/aromatic N) is 4. The Bertz CT molecular complexity index is 509. The average molecular weight is 243 g/mol. The minimum absolute atomic E-state index is 0.413. The van der Waals surface area contributed by atoms with Crippen LogP contribution in [0.15, 0.2) is 30.6 Å². The number of aromatic nitrogens is 3. The van der Waals surface area contributed by atoms with Crippen LogP contribution in [0.3, 0.4) is 0 Å². The lowest BCUT2D eigenvalue weighted by Crippen LogP contribution is -2.19. The predicted molar refractivity (Wildman–Crippen MR) is 71.0 cm³/mol. The molecule has 0 bridgehead atoms. The molecule has 0 spiro atoms. The van der Waals surface area contributed by atoms with Crippen molar-refractivity contribution in [2.45, 2.75) is 20.0 Å². The van der Waals surface area contributed by atoms with E-state index >= 15 is 0 Å². The Morgan fingerprint density at radius 3 is 2.61 bits per heavy atom. The zero-order chi connectivity index (χ0) is 13.0. The first-order chi connectivity index (χ1) is 8.69. The van der Waals surface area contributed by atoms with Crippen molar-refractivity contribution in [1.29, 1.82) is 0 Å². The summed E-state index contributed by atoms with van der Waals surface area (Å²) in [5, 5.41) is 0. The summed E-state index contributed by atoms with van der Waals surface area (Å²) in [6, 6.07) is 6.00. The summed E-state index contributed by atoms with van der Waals surface area (Å²) < 4.78 is 0. The van der Waals surface area contributed by atoms with Crippen molar-refractivity contribution in [2.24, 2.45) is 5.73 Å². The fourth-order valence-electron chi connectivity index (χ4n) is 1.66. The van der Waals surface area contributed by atoms with Crippen molar-refractivity contribution in [3.63, 3.8) is 0 Å². The molecule has 94 valence electrons. The summed E-state index contributed by atoms with van der Waals surface area (Å²) >= 11 is 0. The van der Waals surface area contributed by atoms with Gasteiger partial charge in [0.2, 0.25) is 0 Å². The van der Waals surface area contributed by atoms with E-state index < -0.39 is 0 Å². The molecule has 2 aromatic heterocycles. The molecule has 0 aromatic carbocycles. The first kappa shape index (κ1) is 12.4. The van der Waals surface area contributed by atoms with Gasteiger partial charge in [0, 0.05) is 19.3 Å². The van der Waals surface area contributed by atoms with Gasteiger partial charge < -0.3 is 10.6 Å². The van der Waals surface area contributed by atoms with Gasteiger partial charge in [0.25, 0.3) is 0 Å². The first-order valence-electron chi connectivity index (χ1n) is 5.83. The van der Waals surface area contributed by atoms with Gasteiger partial charge in [-0.25, -0.2) is 4.98 Å². The monoisotopic (exact) mass is 243 g/mol. The van der Waals surface area contributed by atoms with E-state index in [9.17, 15) is 0 Å². The van der Waals surface area contributed by atoms with Crippen LogP contribution in [0.4, 0.5) is 5.82 Å². The van der Waals surface area contributed by atoms with Crippen LogP contribution in [0.25, 0.3) is 0 Å². The number of aryl methyl sites for hydroxylation is 1. The van der Waals surface area contributed by atoms with Gasteiger partial charge in [-0.3, -0.25) is 9.97 Å². The van der Waals surface area contributed by atoms with Gasteiger partial charge in [0.1, 0.15) is 5.82 Å². The molecule has 2 rings (SSSR count). The molecule has 2 N–H and O–H groups in total. The fraction of sp³-hybridized carbons (Fsp3) is 0.308. The van der Waals surface area contributed by atoms with E-state index in [2.05, 4.69) is 15.0 Å². The lowest BCUT2D eigenvalue weighted by molar-refractivity contribution is 0.845. The van der Waals surface area contributed by atoms with E-state index in [4.69, 9.17) is 5.73 Å². The molecule has 2 heterocycles. The van der Waals surface area contributed by atoms with Gasteiger partial charge in [-0.2, -0.15) is 0 Å². The summed E-state index contributed by atoms with van der Waals surface area (Å²) in [5.41, 5.74) is 8.32. The predicted octanol–water partition coefficient (Wildman–Crippen LogP) is 1.28. The number of pyridine rings is 1. The van der Waals surface area contributed by atoms with Crippen LogP contribution in [-0.2, 0) is 13.1 Å². The molecule has 2 aromatic rings. The van der Waals surface area contributed by atoms with E-state index in [-0.39, 0.29) is 0 Å². The smallest absolute Gasteiger partial charge is 0.147 e. The van der Waals surface area contributed by atoms with Gasteiger partial charge in [0.15, 0.2) is 0 Å². The van der Waals surface area contributed by atoms with Crippen molar-refractivity contribution < 1.29 is 0 Å². The molecule has 5 heteroatoms. The molecule has 0 unspecified atom stereocenters. The lowest BCUT2D eigenvalue weighted by atomic mass is 10.3. The largest absolute Gasteiger partial charge is 0.353 e. The van der Waals surface area contributed by atoms with E-state index in [1.165, 1.54) is 0 Å². The maximum absolute atomic E-state index is 5.49. The SMILES string of the molecule is Cc1cccc(CN(C)c2cnc(CN)cn2)n1. The topological polar surface area (TPSA) is 67.9 Å². The van der Waals surface area contributed by atoms with Crippen LogP contribution in [0.2, 0.25) is 0 Å². The summed E-state index contributed by atoms with van der Waals surface area (Å²) in [6.07, 6.45) is 3.44. The maximum atomic E-state index is 5.49. The van der Waals surface area contributed by atoms with Crippen molar-refractivity contribution in [3.05, 3.63) is 47.7 Å². The van der Waals surface area contributed by atoms with E-state index in [1.807, 2.05) is 37.1 Å². The molecule has 0 atom stereocenters. The molecule has 0 aliphatic rings. The Kier molecular flexibility index (Phi) is 3.84. The molecule has 0 saturated heterocycles. The Labute approximate surface area is 107 Å². The molecule has 5 nitrogen and oxygen atoms in total. The lowest BCUT2D eigenvalue weighted by Gasteiger charge is -2.17. The van der Waals surface area contributed by atoms with Crippen LogP contribution in [0.1, 0.15) is 17.1 Å². The second-order valence-electron chi connectivity index (χ2n) is 4.20. The Balaban J connectivity index is 2.09. The van der Waals surface area contributed by atoms with Crippen molar-refractivity contribution in [1.82, 2.24) is 15.0 Å². The molecule has 0 saturated carbocycles. The highest BCUT2D eigenvalue weighted by molar-refractivity contribution is 5.35. The van der Waals surface area contributed by atoms with Gasteiger partial charge in [-0.15, -0.1) is 0 Å². The van der Waals surface area contributed by atoms with E-state index in [1.54, 1.807) is 12.4 Å². The van der Waals surface area contributed by atoms with Crippen LogP contribution in [-0.4, -0.2) is 22.0 Å². The first-order valence-corrected chi connectivity index (χ1v) is 5.83. The fourth-order valence-corrected chi connectivity index (χ4v) is 1.66. The Morgan fingerprint density at radius 1 is 1.17 bits per heavy atom. The zero-order valence-corrected chi connectivity index (χ0v) is 10.7. The highest BCUT2D eigenvalue weighted by atomic mass is 15.2. The number of hydrogen-bond donors (Lipinski definition) is 1. The molecule has 0 amide bonds. The third-order valence-electron chi connectivity index (χ3n) is 2.64. The Hall–Kier alpha value is -2.01. The number of anilines is 1. The number of rotatable bonds is 4. The maximum Gasteiger partial charge on any atom is 0.147 e. The number of hydrogen-bond acceptors (Lipinski definition) is 5. The summed E-state index contributed by atoms with van der Waals surface area (Å²) in [5.74, 6) is 0.815. The van der Waals surface area contributed by atoms with Crippen molar-refractivity contribution in [2.75, 3.05) is 11.9 Å². The molecule has 0 aliphatic heterocycles. The zero-order valence-electron chi connectivity index (χ0n) is 10.7. The van der Waals surface area contributed by atoms with Crippen LogP contribution >= 0.6 is 0 Å². The third kappa shape index (κ3) is 3.01. The third-order valence-corrected chi connectivity index (χ3v) is 2.64. The summed E-state index contributed by atoms with van der Waals surface area (Å²) in [4.78, 5) is 15.0. The highest BCUT2D eigenvalue weighted by Gasteiger charge is 2.05. The highest BCUT2D eigenvalue weighted by Crippen LogP contribution is 2.10. The van der Waals surface area contributed by atoms with Gasteiger partial charge >= 0.3 is 0 Å². The van der Waals surface area contributed by atoms with Crippen LogP contribution < -0.4 is 10.6 Å². The summed E-state index contributed by atoms with van der Waals surface area (Å²) in [7, 11) is 1.97. The molecule has 0 fully saturated rings. The molecular weight excluding hydrogens is 226 g/mol. The number of nitrogens with two attached hydrogens (primary N) is 1. The quantitative estimate of drug-likeness (QED) is 0.876. The average Bonchev–Trinajstić information content (AvgIpc) is 2.39. The Morgan fingerprint density at radius 2 is 2.00 bits per heavy atom. The minimum atomic E-state index is 0.413. The molecule has 18 heavy (non-hydrogen) atoms. The van der Waals surface area contributed by atoms with Crippen LogP contribution in [0, 0.1) is 6.92 Å². The normalized spacial score (nSPS) is 10.4.